The average molecular weight is 374 g/mol. The molecule has 2 aromatic heterocycles. The number of nitrogens with one attached hydrogen (secondary N) is 2. The van der Waals surface area contributed by atoms with Crippen LogP contribution in [-0.4, -0.2) is 39.9 Å². The van der Waals surface area contributed by atoms with Gasteiger partial charge < -0.3 is 10.3 Å². The van der Waals surface area contributed by atoms with Crippen molar-refractivity contribution >= 4 is 28.2 Å². The number of anilines is 1. The van der Waals surface area contributed by atoms with Crippen molar-refractivity contribution in [1.29, 1.82) is 0 Å². The summed E-state index contributed by atoms with van der Waals surface area (Å²) in [6.45, 7) is 7.67. The van der Waals surface area contributed by atoms with E-state index in [9.17, 15) is 4.79 Å². The maximum absolute atomic E-state index is 12.8. The third-order valence-electron chi connectivity index (χ3n) is 5.62. The van der Waals surface area contributed by atoms with E-state index in [4.69, 9.17) is 0 Å². The molecule has 0 saturated heterocycles. The quantitative estimate of drug-likeness (QED) is 0.716. The molecule has 2 N–H and O–H groups in total. The summed E-state index contributed by atoms with van der Waals surface area (Å²) < 4.78 is 0. The Hall–Kier alpha value is -2.92. The van der Waals surface area contributed by atoms with E-state index in [0.29, 0.717) is 0 Å². The third kappa shape index (κ3) is 3.58. The fraction of sp³-hybridized carbons (Fsp3) is 0.304. The van der Waals surface area contributed by atoms with Gasteiger partial charge in [0, 0.05) is 36.6 Å². The second-order valence-electron chi connectivity index (χ2n) is 7.56. The molecule has 5 nitrogen and oxygen atoms in total. The van der Waals surface area contributed by atoms with Gasteiger partial charge >= 0.3 is 0 Å². The minimum absolute atomic E-state index is 0.0440. The van der Waals surface area contributed by atoms with Gasteiger partial charge in [0.25, 0.3) is 0 Å². The summed E-state index contributed by atoms with van der Waals surface area (Å²) in [7, 11) is 0. The van der Waals surface area contributed by atoms with E-state index in [1.807, 2.05) is 45.3 Å². The molecule has 0 aliphatic carbocycles. The Morgan fingerprint density at radius 1 is 1.25 bits per heavy atom. The number of pyridine rings is 1. The molecule has 1 aliphatic heterocycles. The fourth-order valence-electron chi connectivity index (χ4n) is 3.80. The number of hydrogen-bond donors (Lipinski definition) is 2. The molecule has 1 amide bonds. The lowest BCUT2D eigenvalue weighted by Crippen LogP contribution is -2.44. The lowest BCUT2D eigenvalue weighted by molar-refractivity contribution is -0.120. The number of benzene rings is 1. The summed E-state index contributed by atoms with van der Waals surface area (Å²) in [5.74, 6) is 0.0440. The molecule has 1 aliphatic rings. The smallest absolute Gasteiger partial charge is 0.241 e. The monoisotopic (exact) mass is 374 g/mol. The highest BCUT2D eigenvalue weighted by molar-refractivity contribution is 5.95. The van der Waals surface area contributed by atoms with Gasteiger partial charge in [-0.05, 0) is 67.7 Å². The number of aryl methyl sites for hydroxylation is 2. The summed E-state index contributed by atoms with van der Waals surface area (Å²) in [4.78, 5) is 22.5. The Bertz CT molecular complexity index is 1050. The molecule has 144 valence electrons. The molecule has 1 atom stereocenters. The maximum Gasteiger partial charge on any atom is 0.241 e. The molecule has 0 saturated carbocycles. The SMILES string of the molecule is Cc1ccc(C)c(NC(=O)[C@H](C)N2CC=C(c3ccnc4[nH]ccc34)CC2)c1. The summed E-state index contributed by atoms with van der Waals surface area (Å²) in [5.41, 5.74) is 6.61. The van der Waals surface area contributed by atoms with Crippen LogP contribution >= 0.6 is 0 Å². The zero-order valence-corrected chi connectivity index (χ0v) is 16.6. The molecule has 0 fully saturated rings. The van der Waals surface area contributed by atoms with Crippen LogP contribution in [0.25, 0.3) is 16.6 Å². The minimum atomic E-state index is -0.178. The van der Waals surface area contributed by atoms with Gasteiger partial charge in [0.15, 0.2) is 0 Å². The van der Waals surface area contributed by atoms with E-state index in [0.717, 1.165) is 47.4 Å². The lowest BCUT2D eigenvalue weighted by atomic mass is 9.97. The second-order valence-corrected chi connectivity index (χ2v) is 7.56. The number of nitrogens with zero attached hydrogens (tertiary/aromatic N) is 2. The van der Waals surface area contributed by atoms with Gasteiger partial charge in [-0.15, -0.1) is 0 Å². The number of hydrogen-bond acceptors (Lipinski definition) is 3. The van der Waals surface area contributed by atoms with Crippen molar-refractivity contribution in [3.8, 4) is 0 Å². The van der Waals surface area contributed by atoms with Gasteiger partial charge in [-0.3, -0.25) is 9.69 Å². The predicted molar refractivity (Wildman–Crippen MR) is 114 cm³/mol. The first kappa shape index (κ1) is 18.4. The van der Waals surface area contributed by atoms with Crippen molar-refractivity contribution in [3.63, 3.8) is 0 Å². The Labute approximate surface area is 165 Å². The summed E-state index contributed by atoms with van der Waals surface area (Å²) in [6, 6.07) is 10.1. The normalized spacial score (nSPS) is 16.0. The number of carbonyl (C=O) groups excluding carboxylic acids is 1. The topological polar surface area (TPSA) is 61.0 Å². The summed E-state index contributed by atoms with van der Waals surface area (Å²) in [6.07, 6.45) is 6.94. The zero-order valence-electron chi connectivity index (χ0n) is 16.6. The first-order valence-corrected chi connectivity index (χ1v) is 9.76. The van der Waals surface area contributed by atoms with Crippen LogP contribution in [0.3, 0.4) is 0 Å². The first-order valence-electron chi connectivity index (χ1n) is 9.76. The Balaban J connectivity index is 1.46. The van der Waals surface area contributed by atoms with Crippen molar-refractivity contribution in [2.45, 2.75) is 33.2 Å². The molecule has 0 spiro atoms. The summed E-state index contributed by atoms with van der Waals surface area (Å²) in [5, 5.41) is 4.25. The molecule has 0 radical (unpaired) electrons. The van der Waals surface area contributed by atoms with Gasteiger partial charge in [-0.1, -0.05) is 18.2 Å². The largest absolute Gasteiger partial charge is 0.346 e. The molecule has 5 heteroatoms. The van der Waals surface area contributed by atoms with Gasteiger partial charge in [0.1, 0.15) is 5.65 Å². The van der Waals surface area contributed by atoms with E-state index in [1.54, 1.807) is 0 Å². The minimum Gasteiger partial charge on any atom is -0.346 e. The Kier molecular flexibility index (Phi) is 5.01. The molecule has 3 heterocycles. The first-order chi connectivity index (χ1) is 13.5. The number of aromatic nitrogens is 2. The summed E-state index contributed by atoms with van der Waals surface area (Å²) >= 11 is 0. The van der Waals surface area contributed by atoms with Crippen LogP contribution in [0.1, 0.15) is 30.0 Å². The van der Waals surface area contributed by atoms with Crippen molar-refractivity contribution in [2.75, 3.05) is 18.4 Å². The third-order valence-corrected chi connectivity index (χ3v) is 5.62. The number of fused-ring (bicyclic) bond motifs is 1. The van der Waals surface area contributed by atoms with Gasteiger partial charge in [0.05, 0.1) is 6.04 Å². The van der Waals surface area contributed by atoms with Crippen LogP contribution in [0.2, 0.25) is 0 Å². The van der Waals surface area contributed by atoms with Crippen LogP contribution < -0.4 is 5.32 Å². The molecular formula is C23H26N4O. The van der Waals surface area contributed by atoms with Crippen LogP contribution in [0, 0.1) is 13.8 Å². The molecule has 4 rings (SSSR count). The lowest BCUT2D eigenvalue weighted by Gasteiger charge is -2.31. The van der Waals surface area contributed by atoms with Crippen LogP contribution in [0.4, 0.5) is 5.69 Å². The Morgan fingerprint density at radius 2 is 2.11 bits per heavy atom. The average Bonchev–Trinajstić information content (AvgIpc) is 3.19. The van der Waals surface area contributed by atoms with Gasteiger partial charge in [-0.2, -0.15) is 0 Å². The van der Waals surface area contributed by atoms with E-state index < -0.39 is 0 Å². The molecular weight excluding hydrogens is 348 g/mol. The second kappa shape index (κ2) is 7.60. The molecule has 0 bridgehead atoms. The number of rotatable bonds is 4. The molecule has 0 unspecified atom stereocenters. The Morgan fingerprint density at radius 3 is 2.89 bits per heavy atom. The molecule has 1 aromatic carbocycles. The zero-order chi connectivity index (χ0) is 19.7. The van der Waals surface area contributed by atoms with Crippen molar-refractivity contribution in [3.05, 3.63) is 65.5 Å². The molecule has 3 aromatic rings. The standard InChI is InChI=1S/C23H26N4O/c1-15-4-5-16(2)21(14-15)26-23(28)17(3)27-12-8-18(9-13-27)19-6-10-24-22-20(19)7-11-25-22/h4-8,10-11,14,17H,9,12-13H2,1-3H3,(H,24,25)(H,26,28)/t17-/m0/s1. The highest BCUT2D eigenvalue weighted by Gasteiger charge is 2.24. The molecule has 28 heavy (non-hydrogen) atoms. The van der Waals surface area contributed by atoms with Gasteiger partial charge in [-0.25, -0.2) is 4.98 Å². The van der Waals surface area contributed by atoms with Crippen LogP contribution in [0.5, 0.6) is 0 Å². The number of amides is 1. The van der Waals surface area contributed by atoms with Crippen molar-refractivity contribution < 1.29 is 4.79 Å². The predicted octanol–water partition coefficient (Wildman–Crippen LogP) is 4.30. The van der Waals surface area contributed by atoms with E-state index in [2.05, 4.69) is 44.5 Å². The van der Waals surface area contributed by atoms with Crippen molar-refractivity contribution in [1.82, 2.24) is 14.9 Å². The van der Waals surface area contributed by atoms with Crippen LogP contribution in [-0.2, 0) is 4.79 Å². The number of aromatic amines is 1. The number of H-pyrrole nitrogens is 1. The van der Waals surface area contributed by atoms with E-state index in [-0.39, 0.29) is 11.9 Å². The fourth-order valence-corrected chi connectivity index (χ4v) is 3.80. The van der Waals surface area contributed by atoms with Crippen molar-refractivity contribution in [2.24, 2.45) is 0 Å². The maximum atomic E-state index is 12.8. The van der Waals surface area contributed by atoms with Crippen LogP contribution in [0.15, 0.2) is 48.8 Å². The van der Waals surface area contributed by atoms with E-state index >= 15 is 0 Å². The van der Waals surface area contributed by atoms with E-state index in [1.165, 1.54) is 11.1 Å². The van der Waals surface area contributed by atoms with Gasteiger partial charge in [0.2, 0.25) is 5.91 Å². The highest BCUT2D eigenvalue weighted by atomic mass is 16.2. The highest BCUT2D eigenvalue weighted by Crippen LogP contribution is 2.28. The number of carbonyl (C=O) groups is 1.